The largest absolute Gasteiger partial charge is 0.321 e. The first kappa shape index (κ1) is 22.9. The first-order valence-corrected chi connectivity index (χ1v) is 11.5. The minimum atomic E-state index is -0.568. The molecule has 2 aromatic heterocycles. The van der Waals surface area contributed by atoms with Crippen LogP contribution < -0.4 is 20.1 Å². The second kappa shape index (κ2) is 10.1. The summed E-state index contributed by atoms with van der Waals surface area (Å²) in [5, 5.41) is 12.7. The van der Waals surface area contributed by atoms with Gasteiger partial charge in [-0.25, -0.2) is 0 Å². The maximum Gasteiger partial charge on any atom is 0.273 e. The first-order valence-electron chi connectivity index (χ1n) is 10.7. The Morgan fingerprint density at radius 3 is 2.35 bits per heavy atom. The van der Waals surface area contributed by atoms with E-state index in [9.17, 15) is 14.9 Å². The fraction of sp³-hybridized carbons (Fsp3) is 0.111. The van der Waals surface area contributed by atoms with Crippen LogP contribution in [0, 0.1) is 11.3 Å². The minimum absolute atomic E-state index is 0.131. The van der Waals surface area contributed by atoms with Gasteiger partial charge < -0.3 is 5.32 Å². The average molecular weight is 467 g/mol. The van der Waals surface area contributed by atoms with Crippen LogP contribution in [0.25, 0.3) is 17.3 Å². The maximum atomic E-state index is 13.4. The molecule has 0 saturated carbocycles. The molecule has 1 amide bonds. The molecule has 0 radical (unpaired) electrons. The summed E-state index contributed by atoms with van der Waals surface area (Å²) >= 11 is 1.11. The molecule has 0 aliphatic rings. The molecule has 7 heteroatoms. The molecule has 168 valence electrons. The van der Waals surface area contributed by atoms with Gasteiger partial charge in [0.15, 0.2) is 5.57 Å². The molecule has 0 spiro atoms. The molecular weight excluding hydrogens is 444 g/mol. The lowest BCUT2D eigenvalue weighted by Gasteiger charge is -2.08. The van der Waals surface area contributed by atoms with Crippen LogP contribution >= 0.6 is 11.3 Å². The normalized spacial score (nSPS) is 12.4. The number of anilines is 1. The van der Waals surface area contributed by atoms with Gasteiger partial charge in [0.05, 0.1) is 10.2 Å². The number of rotatable bonds is 5. The Morgan fingerprint density at radius 2 is 1.74 bits per heavy atom. The number of aromatic nitrogens is 2. The molecule has 1 N–H and O–H groups in total. The maximum absolute atomic E-state index is 13.4. The molecule has 0 bridgehead atoms. The molecule has 4 aromatic rings. The van der Waals surface area contributed by atoms with E-state index in [1.54, 1.807) is 54.9 Å². The number of benzene rings is 2. The number of carbonyl (C=O) groups is 1. The van der Waals surface area contributed by atoms with Crippen molar-refractivity contribution < 1.29 is 4.79 Å². The third-order valence-electron chi connectivity index (χ3n) is 5.23. The number of hydrogen-bond acceptors (Lipinski definition) is 5. The first-order chi connectivity index (χ1) is 16.5. The van der Waals surface area contributed by atoms with Crippen LogP contribution in [0.2, 0.25) is 0 Å². The van der Waals surface area contributed by atoms with Crippen LogP contribution in [0.5, 0.6) is 0 Å². The molecule has 34 heavy (non-hydrogen) atoms. The lowest BCUT2D eigenvalue weighted by Crippen LogP contribution is -2.32. The highest BCUT2D eigenvalue weighted by Crippen LogP contribution is 2.17. The predicted molar refractivity (Wildman–Crippen MR) is 135 cm³/mol. The lowest BCUT2D eigenvalue weighted by atomic mass is 10.0. The van der Waals surface area contributed by atoms with Crippen molar-refractivity contribution in [2.75, 3.05) is 5.32 Å². The van der Waals surface area contributed by atoms with Crippen molar-refractivity contribution in [3.63, 3.8) is 0 Å². The molecule has 0 aliphatic heterocycles. The van der Waals surface area contributed by atoms with Crippen LogP contribution in [0.4, 0.5) is 5.69 Å². The van der Waals surface area contributed by atoms with E-state index in [0.29, 0.717) is 21.8 Å². The molecule has 4 rings (SSSR count). The number of thiazole rings is 1. The fourth-order valence-corrected chi connectivity index (χ4v) is 4.52. The van der Waals surface area contributed by atoms with Gasteiger partial charge in [-0.15, -0.1) is 11.3 Å². The molecule has 0 fully saturated rings. The lowest BCUT2D eigenvalue weighted by molar-refractivity contribution is -0.111. The highest BCUT2D eigenvalue weighted by atomic mass is 32.1. The monoisotopic (exact) mass is 466 g/mol. The predicted octanol–water partition coefficient (Wildman–Crippen LogP) is 3.56. The second-order valence-electron chi connectivity index (χ2n) is 7.89. The van der Waals surface area contributed by atoms with Crippen LogP contribution in [-0.2, 0) is 4.79 Å². The summed E-state index contributed by atoms with van der Waals surface area (Å²) < 4.78 is 2.10. The summed E-state index contributed by atoms with van der Waals surface area (Å²) in [5.41, 5.74) is 2.67. The van der Waals surface area contributed by atoms with Crippen LogP contribution in [0.3, 0.4) is 0 Å². The van der Waals surface area contributed by atoms with Crippen molar-refractivity contribution in [1.29, 1.82) is 5.26 Å². The van der Waals surface area contributed by atoms with Gasteiger partial charge in [-0.1, -0.05) is 44.2 Å². The van der Waals surface area contributed by atoms with E-state index < -0.39 is 5.91 Å². The summed E-state index contributed by atoms with van der Waals surface area (Å²) in [4.78, 5) is 30.5. The number of nitrogens with one attached hydrogen (secondary N) is 1. The van der Waals surface area contributed by atoms with E-state index in [1.807, 2.05) is 36.4 Å². The molecular formula is C27H22N4O2S. The highest BCUT2D eigenvalue weighted by molar-refractivity contribution is 7.07. The Morgan fingerprint density at radius 1 is 1.06 bits per heavy atom. The van der Waals surface area contributed by atoms with E-state index in [1.165, 1.54) is 4.57 Å². The van der Waals surface area contributed by atoms with Crippen molar-refractivity contribution >= 4 is 34.6 Å². The van der Waals surface area contributed by atoms with Gasteiger partial charge in [-0.3, -0.25) is 19.1 Å². The van der Waals surface area contributed by atoms with Gasteiger partial charge in [-0.2, -0.15) is 5.26 Å². The molecule has 6 nitrogen and oxygen atoms in total. The molecule has 0 unspecified atom stereocenters. The Labute approximate surface area is 200 Å². The summed E-state index contributed by atoms with van der Waals surface area (Å²) in [6, 6.07) is 22.1. The highest BCUT2D eigenvalue weighted by Gasteiger charge is 2.17. The number of amides is 1. The quantitative estimate of drug-likeness (QED) is 0.487. The minimum Gasteiger partial charge on any atom is -0.321 e. The van der Waals surface area contributed by atoms with Crippen molar-refractivity contribution in [1.82, 2.24) is 9.55 Å². The van der Waals surface area contributed by atoms with E-state index in [4.69, 9.17) is 0 Å². The van der Waals surface area contributed by atoms with Crippen LogP contribution in [-0.4, -0.2) is 15.5 Å². The zero-order chi connectivity index (χ0) is 24.1. The zero-order valence-electron chi connectivity index (χ0n) is 18.7. The van der Waals surface area contributed by atoms with Gasteiger partial charge in [0.1, 0.15) is 10.7 Å². The third kappa shape index (κ3) is 4.87. The van der Waals surface area contributed by atoms with E-state index in [0.717, 1.165) is 22.5 Å². The van der Waals surface area contributed by atoms with Gasteiger partial charge in [0.2, 0.25) is 0 Å². The average Bonchev–Trinajstić information content (AvgIpc) is 3.16. The van der Waals surface area contributed by atoms with E-state index in [-0.39, 0.29) is 15.8 Å². The number of pyridine rings is 1. The van der Waals surface area contributed by atoms with Crippen molar-refractivity contribution in [3.8, 4) is 11.8 Å². The molecule has 2 aromatic carbocycles. The van der Waals surface area contributed by atoms with Gasteiger partial charge in [0, 0.05) is 18.1 Å². The third-order valence-corrected chi connectivity index (χ3v) is 6.32. The van der Waals surface area contributed by atoms with Gasteiger partial charge >= 0.3 is 0 Å². The molecule has 0 saturated heterocycles. The number of hydrogen-bond donors (Lipinski definition) is 1. The number of carbonyl (C=O) groups excluding carboxylic acids is 1. The summed E-state index contributed by atoms with van der Waals surface area (Å²) in [7, 11) is 0. The van der Waals surface area contributed by atoms with Crippen molar-refractivity contribution in [3.05, 3.63) is 110 Å². The Bertz CT molecular complexity index is 1530. The van der Waals surface area contributed by atoms with E-state index in [2.05, 4.69) is 24.1 Å². The Hall–Kier alpha value is -4.28. The standard InChI is InChI=1S/C27H22N4O2S/c1-18(2)20-8-10-21(11-9-20)30-25(32)23(17-28)27-31(22-6-4-3-5-7-22)26(33)24(34-27)16-19-12-14-29-15-13-19/h3-16,18H,1-2H3,(H,30,32). The molecule has 2 heterocycles. The summed E-state index contributed by atoms with van der Waals surface area (Å²) in [6.45, 7) is 4.19. The Kier molecular flexibility index (Phi) is 6.81. The van der Waals surface area contributed by atoms with Gasteiger partial charge in [0.25, 0.3) is 11.5 Å². The topological polar surface area (TPSA) is 87.8 Å². The second-order valence-corrected chi connectivity index (χ2v) is 8.92. The fourth-order valence-electron chi connectivity index (χ4n) is 3.41. The van der Waals surface area contributed by atoms with Gasteiger partial charge in [-0.05, 0) is 59.5 Å². The molecule has 0 atom stereocenters. The van der Waals surface area contributed by atoms with Crippen molar-refractivity contribution in [2.45, 2.75) is 19.8 Å². The Balaban J connectivity index is 1.87. The number of nitriles is 1. The smallest absolute Gasteiger partial charge is 0.273 e. The SMILES string of the molecule is CC(C)c1ccc(NC(=O)C(C#N)=c2sc(=Cc3ccncc3)c(=O)n2-c2ccccc2)cc1. The molecule has 0 aliphatic carbocycles. The van der Waals surface area contributed by atoms with Crippen LogP contribution in [0.1, 0.15) is 30.9 Å². The summed E-state index contributed by atoms with van der Waals surface area (Å²) in [6.07, 6.45) is 5.01. The van der Waals surface area contributed by atoms with Crippen LogP contribution in [0.15, 0.2) is 83.9 Å². The van der Waals surface area contributed by atoms with E-state index >= 15 is 0 Å². The number of nitrogens with zero attached hydrogens (tertiary/aromatic N) is 3. The van der Waals surface area contributed by atoms with Crippen molar-refractivity contribution in [2.24, 2.45) is 0 Å². The number of para-hydroxylation sites is 1. The zero-order valence-corrected chi connectivity index (χ0v) is 19.5. The summed E-state index contributed by atoms with van der Waals surface area (Å²) in [5.74, 6) is -0.200.